The topological polar surface area (TPSA) is 415 Å². The van der Waals surface area contributed by atoms with Gasteiger partial charge in [-0.3, -0.25) is 28.1 Å². The van der Waals surface area contributed by atoms with E-state index in [0.717, 1.165) is 31.1 Å². The molecule has 0 aliphatic carbocycles. The number of nitrogens with one attached hydrogen (secondary N) is 2. The van der Waals surface area contributed by atoms with Crippen LogP contribution in [0.5, 0.6) is 0 Å². The third-order valence-corrected chi connectivity index (χ3v) is 11.9. The number of alkyl halides is 1. The van der Waals surface area contributed by atoms with Gasteiger partial charge in [-0.1, -0.05) is 25.6 Å². The molecule has 2 aromatic rings. The number of nitrogens with zero attached hydrogens (tertiary/aromatic N) is 4. The third-order valence-electron chi connectivity index (χ3n) is 7.69. The lowest BCUT2D eigenvalue weighted by Gasteiger charge is -2.36. The van der Waals surface area contributed by atoms with Gasteiger partial charge in [0.2, 0.25) is 11.8 Å². The van der Waals surface area contributed by atoms with Crippen molar-refractivity contribution in [2.75, 3.05) is 43.7 Å². The average molecular weight is 911 g/mol. The standard InChI is InChI=1S/C26H41ClN7O19P3S/c1-26(2,19(37)22(38)30-6-4-15(35)29-7-8-57-25(41)13(3-5-27)24(39)40)10-50-56(47,48)53-55(45,46)49-9-14-18(52-54(42,43)44)17(36)23(51-14)34-12-33-16-20(28)31-11-32-21(16)34/h11-14,17-19,23,36-37H,3-10H2,1-2H3,(H,29,35)(H,30,38)(H,39,40)(H,45,46)(H,47,48)(H2,28,31,32)(H2,42,43,44)/p-5/t13?,14-,17-,18-,19+,23-/m1/s1. The van der Waals surface area contributed by atoms with Gasteiger partial charge >= 0.3 is 0 Å². The van der Waals surface area contributed by atoms with Crippen molar-refractivity contribution in [3.63, 3.8) is 0 Å². The predicted octanol–water partition coefficient (Wildman–Crippen LogP) is -4.87. The first-order valence-electron chi connectivity index (χ1n) is 16.1. The summed E-state index contributed by atoms with van der Waals surface area (Å²) in [6.07, 6.45) is -7.99. The lowest BCUT2D eigenvalue weighted by Crippen LogP contribution is -2.46. The average Bonchev–Trinajstić information content (AvgIpc) is 3.66. The Balaban J connectivity index is 1.49. The molecule has 8 atom stereocenters. The monoisotopic (exact) mass is 910 g/mol. The van der Waals surface area contributed by atoms with Crippen molar-refractivity contribution < 1.29 is 90.4 Å². The predicted molar refractivity (Wildman–Crippen MR) is 182 cm³/mol. The number of carbonyl (C=O) groups excluding carboxylic acids is 4. The molecule has 0 saturated carbocycles. The number of aliphatic hydroxyl groups is 2. The van der Waals surface area contributed by atoms with E-state index in [-0.39, 0.29) is 54.5 Å². The second-order valence-corrected chi connectivity index (χ2v) is 18.0. The zero-order chi connectivity index (χ0) is 42.9. The Morgan fingerprint density at radius 2 is 1.75 bits per heavy atom. The molecule has 3 heterocycles. The van der Waals surface area contributed by atoms with Crippen molar-refractivity contribution in [3.8, 4) is 0 Å². The number of halogens is 1. The van der Waals surface area contributed by atoms with Crippen LogP contribution in [0.4, 0.5) is 5.82 Å². The molecule has 1 aliphatic rings. The van der Waals surface area contributed by atoms with E-state index in [2.05, 4.69) is 43.5 Å². The second kappa shape index (κ2) is 20.5. The number of aromatic nitrogens is 4. The Kier molecular flexibility index (Phi) is 17.5. The number of imidazole rings is 1. The normalized spacial score (nSPS) is 22.0. The van der Waals surface area contributed by atoms with Crippen LogP contribution >= 0.6 is 46.8 Å². The fourth-order valence-corrected chi connectivity index (χ4v) is 8.58. The molecule has 0 aromatic carbocycles. The molecule has 322 valence electrons. The molecule has 3 rings (SSSR count). The summed E-state index contributed by atoms with van der Waals surface area (Å²) in [5, 5.41) is 36.3. The van der Waals surface area contributed by atoms with E-state index in [0.29, 0.717) is 11.8 Å². The first-order chi connectivity index (χ1) is 26.4. The molecule has 0 bridgehead atoms. The Morgan fingerprint density at radius 3 is 2.39 bits per heavy atom. The zero-order valence-electron chi connectivity index (χ0n) is 29.6. The molecule has 6 N–H and O–H groups in total. The van der Waals surface area contributed by atoms with E-state index in [1.54, 1.807) is 0 Å². The van der Waals surface area contributed by atoms with Gasteiger partial charge in [0.05, 0.1) is 39.3 Å². The quantitative estimate of drug-likeness (QED) is 0.0302. The summed E-state index contributed by atoms with van der Waals surface area (Å²) in [5.41, 5.74) is 3.97. The van der Waals surface area contributed by atoms with Crippen molar-refractivity contribution in [3.05, 3.63) is 12.7 Å². The Morgan fingerprint density at radius 1 is 1.09 bits per heavy atom. The maximum Gasteiger partial charge on any atom is 0.274 e. The number of phosphoric ester groups is 3. The van der Waals surface area contributed by atoms with Crippen LogP contribution in [0.15, 0.2) is 12.7 Å². The molecule has 3 unspecified atom stereocenters. The number of nitrogens with two attached hydrogens (primary N) is 1. The molecule has 1 saturated heterocycles. The minimum absolute atomic E-state index is 0.0268. The van der Waals surface area contributed by atoms with E-state index in [1.165, 1.54) is 0 Å². The fourth-order valence-electron chi connectivity index (χ4n) is 4.80. The number of hydrogen-bond acceptors (Lipinski definition) is 24. The highest BCUT2D eigenvalue weighted by atomic mass is 35.5. The van der Waals surface area contributed by atoms with E-state index in [9.17, 15) is 67.8 Å². The number of carboxylic acids is 1. The molecule has 0 radical (unpaired) electrons. The maximum atomic E-state index is 12.5. The first-order valence-corrected chi connectivity index (χ1v) is 22.0. The maximum absolute atomic E-state index is 12.5. The van der Waals surface area contributed by atoms with Gasteiger partial charge in [-0.25, -0.2) is 19.3 Å². The number of aliphatic hydroxyl groups excluding tert-OH is 2. The van der Waals surface area contributed by atoms with Crippen LogP contribution in [0.25, 0.3) is 11.2 Å². The zero-order valence-corrected chi connectivity index (χ0v) is 33.9. The number of fused-ring (bicyclic) bond motifs is 1. The van der Waals surface area contributed by atoms with E-state index in [4.69, 9.17) is 22.1 Å². The summed E-state index contributed by atoms with van der Waals surface area (Å²) in [7, 11) is -17.7. The van der Waals surface area contributed by atoms with Crippen molar-refractivity contribution in [2.45, 2.75) is 57.3 Å². The number of carboxylic acid groups (broad SMARTS) is 1. The number of thioether (sulfide) groups is 1. The van der Waals surface area contributed by atoms with Crippen LogP contribution in [0.1, 0.15) is 32.9 Å². The van der Waals surface area contributed by atoms with E-state index in [1.807, 2.05) is 0 Å². The number of aliphatic carboxylic acids is 1. The highest BCUT2D eigenvalue weighted by Crippen LogP contribution is 2.56. The number of rotatable bonds is 23. The molecule has 2 amide bonds. The number of anilines is 1. The Labute approximate surface area is 331 Å². The Hall–Kier alpha value is -2.68. The van der Waals surface area contributed by atoms with Gasteiger partial charge < -0.3 is 78.9 Å². The summed E-state index contributed by atoms with van der Waals surface area (Å²) >= 11 is 6.14. The third kappa shape index (κ3) is 14.5. The number of carbonyl (C=O) groups is 4. The van der Waals surface area contributed by atoms with Crippen molar-refractivity contribution in [1.82, 2.24) is 30.2 Å². The SMILES string of the molecule is CC(C)(COP(=O)([O-])OP(=O)([O-])OC[C@H]1O[C@@H](n2cnc3c(N)ncnc32)[C@H](O)[C@@H]1OP(=O)([O-])[O-])[C@@H](O)C(=O)NCCC(=O)NCCSC(=O)C(CCCl)C(=O)[O-]. The van der Waals surface area contributed by atoms with Crippen LogP contribution in [-0.2, 0) is 55.5 Å². The number of hydrogen-bond donors (Lipinski definition) is 5. The summed E-state index contributed by atoms with van der Waals surface area (Å²) in [5.74, 6) is -4.78. The molecule has 2 aromatic heterocycles. The minimum Gasteiger partial charge on any atom is -0.790 e. The minimum atomic E-state index is -5.94. The molecule has 57 heavy (non-hydrogen) atoms. The largest absolute Gasteiger partial charge is 0.790 e. The van der Waals surface area contributed by atoms with Crippen LogP contribution in [0, 0.1) is 11.3 Å². The smallest absolute Gasteiger partial charge is 0.274 e. The van der Waals surface area contributed by atoms with Crippen molar-refractivity contribution in [2.24, 2.45) is 11.3 Å². The summed E-state index contributed by atoms with van der Waals surface area (Å²) in [6.45, 7) is -0.378. The fraction of sp³-hybridized carbons (Fsp3) is 0.654. The summed E-state index contributed by atoms with van der Waals surface area (Å²) < 4.78 is 60.3. The molecular weight excluding hydrogens is 875 g/mol. The Bertz CT molecular complexity index is 1910. The second-order valence-electron chi connectivity index (χ2n) is 12.5. The van der Waals surface area contributed by atoms with Crippen LogP contribution in [-0.4, -0.2) is 115 Å². The number of nitrogen functional groups attached to an aromatic ring is 1. The van der Waals surface area contributed by atoms with Gasteiger partial charge in [0.1, 0.15) is 36.3 Å². The molecule has 26 nitrogen and oxygen atoms in total. The van der Waals surface area contributed by atoms with Gasteiger partial charge in [0, 0.05) is 36.6 Å². The van der Waals surface area contributed by atoms with Gasteiger partial charge in [-0.15, -0.1) is 11.6 Å². The first kappa shape index (κ1) is 48.7. The highest BCUT2D eigenvalue weighted by Gasteiger charge is 2.47. The number of phosphoric acid groups is 3. The van der Waals surface area contributed by atoms with Gasteiger partial charge in [0.15, 0.2) is 22.8 Å². The lowest BCUT2D eigenvalue weighted by molar-refractivity contribution is -0.347. The van der Waals surface area contributed by atoms with E-state index < -0.39 is 102 Å². The molecule has 1 aliphatic heterocycles. The highest BCUT2D eigenvalue weighted by molar-refractivity contribution is 8.13. The van der Waals surface area contributed by atoms with Crippen molar-refractivity contribution >= 4 is 86.7 Å². The van der Waals surface area contributed by atoms with Crippen molar-refractivity contribution in [1.29, 1.82) is 0 Å². The molecule has 31 heteroatoms. The van der Waals surface area contributed by atoms with Crippen LogP contribution in [0.2, 0.25) is 0 Å². The summed E-state index contributed by atoms with van der Waals surface area (Å²) in [6, 6.07) is 0. The number of amides is 2. The van der Waals surface area contributed by atoms with Crippen LogP contribution < -0.4 is 41.0 Å². The lowest BCUT2D eigenvalue weighted by atomic mass is 9.87. The summed E-state index contributed by atoms with van der Waals surface area (Å²) in [4.78, 5) is 107. The van der Waals surface area contributed by atoms with Gasteiger partial charge in [-0.2, -0.15) is 0 Å². The van der Waals surface area contributed by atoms with Gasteiger partial charge in [0.25, 0.3) is 15.6 Å². The van der Waals surface area contributed by atoms with E-state index >= 15 is 0 Å². The van der Waals surface area contributed by atoms with Crippen LogP contribution in [0.3, 0.4) is 0 Å². The molecule has 1 fully saturated rings. The number of ether oxygens (including phenoxy) is 1. The van der Waals surface area contributed by atoms with Gasteiger partial charge in [-0.05, 0) is 6.42 Å². The molecular formula is C26H36ClN7O19P3S-5. The molecule has 0 spiro atoms.